The third-order valence-corrected chi connectivity index (χ3v) is 6.31. The number of aromatic nitrogens is 2. The number of anilines is 4. The zero-order chi connectivity index (χ0) is 23.3. The highest BCUT2D eigenvalue weighted by atomic mass is 35.5. The van der Waals surface area contributed by atoms with Gasteiger partial charge >= 0.3 is 6.03 Å². The van der Waals surface area contributed by atoms with Crippen LogP contribution in [0, 0.1) is 5.82 Å². The highest BCUT2D eigenvalue weighted by Crippen LogP contribution is 2.45. The van der Waals surface area contributed by atoms with Crippen LogP contribution < -0.4 is 20.3 Å². The maximum absolute atomic E-state index is 13.6. The summed E-state index contributed by atoms with van der Waals surface area (Å²) in [4.78, 5) is 36.4. The number of ether oxygens (including phenoxy) is 1. The van der Waals surface area contributed by atoms with Crippen LogP contribution in [0.25, 0.3) is 10.2 Å². The van der Waals surface area contributed by atoms with Crippen molar-refractivity contribution in [2.45, 2.75) is 0 Å². The van der Waals surface area contributed by atoms with E-state index in [1.807, 2.05) is 0 Å². The second-order valence-corrected chi connectivity index (χ2v) is 8.29. The van der Waals surface area contributed by atoms with Gasteiger partial charge < -0.3 is 20.5 Å². The van der Waals surface area contributed by atoms with Gasteiger partial charge in [0, 0.05) is 11.8 Å². The van der Waals surface area contributed by atoms with Gasteiger partial charge in [-0.2, -0.15) is 0 Å². The van der Waals surface area contributed by atoms with E-state index in [9.17, 15) is 19.1 Å². The highest BCUT2D eigenvalue weighted by molar-refractivity contribution is 7.21. The standard InChI is InChI=1S/C21H13ClFN5O4S/c1-32-14-5-2-9(6-13(14)29)26-19(30)17-16-15-18(24-8-25-20(15)33-17)28(21(31)27-16)10-3-4-12(23)11(22)7-10/h2-8,29H,1H3,(H,26,30)(H,27,31). The summed E-state index contributed by atoms with van der Waals surface area (Å²) < 4.78 is 18.6. The van der Waals surface area contributed by atoms with Crippen molar-refractivity contribution in [2.75, 3.05) is 22.6 Å². The van der Waals surface area contributed by atoms with Crippen molar-refractivity contribution in [1.29, 1.82) is 0 Å². The van der Waals surface area contributed by atoms with Crippen LogP contribution in [0.5, 0.6) is 11.5 Å². The third kappa shape index (κ3) is 3.47. The molecule has 5 rings (SSSR count). The first kappa shape index (κ1) is 20.9. The van der Waals surface area contributed by atoms with E-state index in [2.05, 4.69) is 20.6 Å². The van der Waals surface area contributed by atoms with Crippen molar-refractivity contribution in [3.63, 3.8) is 0 Å². The number of benzene rings is 2. The number of phenols is 1. The molecule has 1 aliphatic heterocycles. The number of methoxy groups -OCH3 is 1. The summed E-state index contributed by atoms with van der Waals surface area (Å²) in [7, 11) is 1.42. The molecule has 2 aromatic carbocycles. The maximum atomic E-state index is 13.6. The molecule has 3 heterocycles. The predicted molar refractivity (Wildman–Crippen MR) is 123 cm³/mol. The fourth-order valence-corrected chi connectivity index (χ4v) is 4.61. The largest absolute Gasteiger partial charge is 0.504 e. The van der Waals surface area contributed by atoms with E-state index in [1.54, 1.807) is 6.07 Å². The summed E-state index contributed by atoms with van der Waals surface area (Å²) in [5.41, 5.74) is 0.893. The van der Waals surface area contributed by atoms with Crippen LogP contribution in [-0.4, -0.2) is 34.1 Å². The molecule has 166 valence electrons. The average Bonchev–Trinajstić information content (AvgIpc) is 3.16. The first-order valence-electron chi connectivity index (χ1n) is 9.39. The first-order valence-corrected chi connectivity index (χ1v) is 10.6. The minimum Gasteiger partial charge on any atom is -0.504 e. The van der Waals surface area contributed by atoms with Gasteiger partial charge in [-0.3, -0.25) is 4.79 Å². The predicted octanol–water partition coefficient (Wildman–Crippen LogP) is 5.13. The lowest BCUT2D eigenvalue weighted by atomic mass is 10.2. The van der Waals surface area contributed by atoms with Crippen LogP contribution in [-0.2, 0) is 0 Å². The molecule has 9 nitrogen and oxygen atoms in total. The van der Waals surface area contributed by atoms with Crippen molar-refractivity contribution < 1.29 is 23.8 Å². The molecule has 0 saturated carbocycles. The number of thiophene rings is 1. The average molecular weight is 486 g/mol. The molecule has 1 aliphatic rings. The van der Waals surface area contributed by atoms with E-state index in [4.69, 9.17) is 16.3 Å². The topological polar surface area (TPSA) is 117 Å². The smallest absolute Gasteiger partial charge is 0.332 e. The molecule has 0 aliphatic carbocycles. The molecule has 0 fully saturated rings. The van der Waals surface area contributed by atoms with Gasteiger partial charge in [-0.1, -0.05) is 11.6 Å². The van der Waals surface area contributed by atoms with Crippen molar-refractivity contribution in [2.24, 2.45) is 0 Å². The Bertz CT molecular complexity index is 1460. The lowest BCUT2D eigenvalue weighted by Gasteiger charge is -2.27. The van der Waals surface area contributed by atoms with E-state index in [0.29, 0.717) is 21.6 Å². The monoisotopic (exact) mass is 485 g/mol. The summed E-state index contributed by atoms with van der Waals surface area (Å²) in [6.07, 6.45) is 1.28. The fourth-order valence-electron chi connectivity index (χ4n) is 3.45. The number of nitrogens with zero attached hydrogens (tertiary/aromatic N) is 3. The molecular formula is C21H13ClFN5O4S. The number of hydrogen-bond acceptors (Lipinski definition) is 7. The Labute approximate surface area is 194 Å². The van der Waals surface area contributed by atoms with Crippen LogP contribution in [0.15, 0.2) is 42.7 Å². The maximum Gasteiger partial charge on any atom is 0.332 e. The van der Waals surface area contributed by atoms with Crippen molar-refractivity contribution in [3.8, 4) is 11.5 Å². The van der Waals surface area contributed by atoms with E-state index in [1.165, 1.54) is 42.6 Å². The van der Waals surface area contributed by atoms with Gasteiger partial charge in [0.05, 0.1) is 28.9 Å². The number of carbonyl (C=O) groups is 2. The van der Waals surface area contributed by atoms with Gasteiger partial charge in [-0.15, -0.1) is 11.3 Å². The number of phenolic OH excluding ortho intramolecular Hbond substituents is 1. The number of amides is 3. The molecular weight excluding hydrogens is 473 g/mol. The number of nitrogens with one attached hydrogen (secondary N) is 2. The summed E-state index contributed by atoms with van der Waals surface area (Å²) >= 11 is 6.96. The van der Waals surface area contributed by atoms with Gasteiger partial charge in [0.15, 0.2) is 17.3 Å². The lowest BCUT2D eigenvalue weighted by molar-refractivity contribution is 0.103. The van der Waals surface area contributed by atoms with E-state index < -0.39 is 17.8 Å². The minimum atomic E-state index is -0.620. The Morgan fingerprint density at radius 3 is 2.82 bits per heavy atom. The highest BCUT2D eigenvalue weighted by Gasteiger charge is 2.34. The van der Waals surface area contributed by atoms with Gasteiger partial charge in [0.1, 0.15) is 21.9 Å². The summed E-state index contributed by atoms with van der Waals surface area (Å²) in [6, 6.07) is 7.69. The number of halogens is 2. The van der Waals surface area contributed by atoms with Crippen LogP contribution in [0.3, 0.4) is 0 Å². The molecule has 33 heavy (non-hydrogen) atoms. The molecule has 4 aromatic rings. The van der Waals surface area contributed by atoms with Crippen molar-refractivity contribution in [3.05, 3.63) is 58.4 Å². The zero-order valence-corrected chi connectivity index (χ0v) is 18.3. The fraction of sp³-hybridized carbons (Fsp3) is 0.0476. The van der Waals surface area contributed by atoms with Gasteiger partial charge in [-0.25, -0.2) is 24.1 Å². The van der Waals surface area contributed by atoms with Gasteiger partial charge in [0.25, 0.3) is 5.91 Å². The molecule has 0 unspecified atom stereocenters. The molecule has 12 heteroatoms. The Balaban J connectivity index is 1.56. The molecule has 3 amide bonds. The minimum absolute atomic E-state index is 0.136. The number of aromatic hydroxyl groups is 1. The van der Waals surface area contributed by atoms with Crippen LogP contribution >= 0.6 is 22.9 Å². The molecule has 0 atom stereocenters. The van der Waals surface area contributed by atoms with Gasteiger partial charge in [0.2, 0.25) is 0 Å². The molecule has 0 bridgehead atoms. The van der Waals surface area contributed by atoms with E-state index >= 15 is 0 Å². The normalized spacial score (nSPS) is 12.6. The Morgan fingerprint density at radius 2 is 2.09 bits per heavy atom. The Hall–Kier alpha value is -3.96. The Kier molecular flexibility index (Phi) is 4.99. The third-order valence-electron chi connectivity index (χ3n) is 4.92. The molecule has 0 radical (unpaired) electrons. The van der Waals surface area contributed by atoms with Crippen LogP contribution in [0.2, 0.25) is 5.02 Å². The molecule has 2 aromatic heterocycles. The first-order chi connectivity index (χ1) is 15.9. The molecule has 0 spiro atoms. The second-order valence-electron chi connectivity index (χ2n) is 6.89. The molecule has 3 N–H and O–H groups in total. The molecule has 0 saturated heterocycles. The van der Waals surface area contributed by atoms with Crippen molar-refractivity contribution >= 4 is 68.0 Å². The van der Waals surface area contributed by atoms with E-state index in [-0.39, 0.29) is 32.9 Å². The number of hydrogen-bond donors (Lipinski definition) is 3. The van der Waals surface area contributed by atoms with Crippen LogP contribution in [0.1, 0.15) is 9.67 Å². The van der Waals surface area contributed by atoms with Crippen molar-refractivity contribution in [1.82, 2.24) is 9.97 Å². The van der Waals surface area contributed by atoms with Gasteiger partial charge in [-0.05, 0) is 30.3 Å². The number of rotatable bonds is 4. The summed E-state index contributed by atoms with van der Waals surface area (Å²) in [5, 5.41) is 15.7. The summed E-state index contributed by atoms with van der Waals surface area (Å²) in [5.74, 6) is -0.771. The quantitative estimate of drug-likeness (QED) is 0.369. The number of carbonyl (C=O) groups excluding carboxylic acids is 2. The SMILES string of the molecule is COc1ccc(NC(=O)c2sc3ncnc4c3c2NC(=O)N4c2ccc(F)c(Cl)c2)cc1O. The summed E-state index contributed by atoms with van der Waals surface area (Å²) in [6.45, 7) is 0. The lowest BCUT2D eigenvalue weighted by Crippen LogP contribution is -2.35. The zero-order valence-electron chi connectivity index (χ0n) is 16.7. The number of urea groups is 1. The second kappa shape index (κ2) is 7.87. The van der Waals surface area contributed by atoms with Crippen LogP contribution in [0.4, 0.5) is 32.1 Å². The van der Waals surface area contributed by atoms with E-state index in [0.717, 1.165) is 17.4 Å². The Morgan fingerprint density at radius 1 is 1.27 bits per heavy atom.